The zero-order chi connectivity index (χ0) is 13.0. The smallest absolute Gasteiger partial charge is 0.328 e. The molecule has 1 atom stereocenters. The predicted molar refractivity (Wildman–Crippen MR) is 56.7 cm³/mol. The minimum atomic E-state index is -1.17. The maximum atomic E-state index is 11.7. The molecule has 1 heterocycles. The minimum absolute atomic E-state index is 0.0184. The standard InChI is InChI=1S/C10H14N2O5/c1-5-8(17-6(2)11-5)9(13)12-7(4-16-3)10(14)15/h7H,4H2,1-3H3,(H,12,13)(H,14,15). The number of carboxylic acids is 1. The Bertz CT molecular complexity index is 426. The Labute approximate surface area is 97.8 Å². The van der Waals surface area contributed by atoms with Crippen LogP contribution in [0.4, 0.5) is 0 Å². The first kappa shape index (κ1) is 13.2. The van der Waals surface area contributed by atoms with Crippen molar-refractivity contribution >= 4 is 11.9 Å². The molecule has 94 valence electrons. The normalized spacial score (nSPS) is 12.2. The monoisotopic (exact) mass is 242 g/mol. The van der Waals surface area contributed by atoms with Crippen LogP contribution in [0, 0.1) is 13.8 Å². The molecule has 2 N–H and O–H groups in total. The Hall–Kier alpha value is -1.89. The van der Waals surface area contributed by atoms with Crippen LogP contribution in [0.15, 0.2) is 4.42 Å². The molecule has 0 aliphatic rings. The van der Waals surface area contributed by atoms with Gasteiger partial charge in [-0.3, -0.25) is 4.79 Å². The Morgan fingerprint density at radius 1 is 1.53 bits per heavy atom. The second-order valence-corrected chi connectivity index (χ2v) is 3.47. The molecule has 0 saturated carbocycles. The van der Waals surface area contributed by atoms with Gasteiger partial charge in [0.25, 0.3) is 5.91 Å². The van der Waals surface area contributed by atoms with E-state index in [4.69, 9.17) is 14.3 Å². The fraction of sp³-hybridized carbons (Fsp3) is 0.500. The van der Waals surface area contributed by atoms with Crippen molar-refractivity contribution in [2.45, 2.75) is 19.9 Å². The van der Waals surface area contributed by atoms with Crippen LogP contribution in [0.1, 0.15) is 22.1 Å². The largest absolute Gasteiger partial charge is 0.480 e. The van der Waals surface area contributed by atoms with Gasteiger partial charge in [-0.15, -0.1) is 0 Å². The highest BCUT2D eigenvalue weighted by molar-refractivity contribution is 5.95. The van der Waals surface area contributed by atoms with Gasteiger partial charge in [-0.2, -0.15) is 0 Å². The number of aliphatic carboxylic acids is 1. The number of oxazole rings is 1. The minimum Gasteiger partial charge on any atom is -0.480 e. The van der Waals surface area contributed by atoms with E-state index in [9.17, 15) is 9.59 Å². The predicted octanol–water partition coefficient (Wildman–Crippen LogP) is 0.121. The molecule has 0 fully saturated rings. The number of carbonyl (C=O) groups is 2. The van der Waals surface area contributed by atoms with Crippen LogP contribution in [0.5, 0.6) is 0 Å². The third-order valence-electron chi connectivity index (χ3n) is 2.05. The molecule has 17 heavy (non-hydrogen) atoms. The number of hydrogen-bond donors (Lipinski definition) is 2. The van der Waals surface area contributed by atoms with Crippen molar-refractivity contribution < 1.29 is 23.8 Å². The van der Waals surface area contributed by atoms with Gasteiger partial charge in [-0.1, -0.05) is 0 Å². The van der Waals surface area contributed by atoms with Crippen LogP contribution in [-0.2, 0) is 9.53 Å². The highest BCUT2D eigenvalue weighted by Gasteiger charge is 2.23. The lowest BCUT2D eigenvalue weighted by Gasteiger charge is -2.12. The molecule has 0 spiro atoms. The Kier molecular flexibility index (Phi) is 4.22. The molecule has 0 saturated heterocycles. The lowest BCUT2D eigenvalue weighted by atomic mass is 10.3. The SMILES string of the molecule is COCC(NC(=O)c1oc(C)nc1C)C(=O)O. The molecule has 1 unspecified atom stereocenters. The molecule has 0 aliphatic carbocycles. The molecule has 1 amide bonds. The van der Waals surface area contributed by atoms with Crippen molar-refractivity contribution in [2.24, 2.45) is 0 Å². The van der Waals surface area contributed by atoms with Crippen LogP contribution < -0.4 is 5.32 Å². The number of hydrogen-bond acceptors (Lipinski definition) is 5. The van der Waals surface area contributed by atoms with Crippen LogP contribution >= 0.6 is 0 Å². The van der Waals surface area contributed by atoms with Crippen LogP contribution in [-0.4, -0.2) is 41.7 Å². The molecule has 1 rings (SSSR count). The summed E-state index contributed by atoms with van der Waals surface area (Å²) in [5, 5.41) is 11.1. The molecule has 0 radical (unpaired) electrons. The van der Waals surface area contributed by atoms with Crippen molar-refractivity contribution in [3.05, 3.63) is 17.3 Å². The zero-order valence-corrected chi connectivity index (χ0v) is 9.81. The summed E-state index contributed by atoms with van der Waals surface area (Å²) in [5.41, 5.74) is 0.418. The van der Waals surface area contributed by atoms with E-state index in [1.165, 1.54) is 7.11 Å². The third kappa shape index (κ3) is 3.28. The number of carbonyl (C=O) groups excluding carboxylic acids is 1. The molecule has 7 nitrogen and oxygen atoms in total. The van der Waals surface area contributed by atoms with Gasteiger partial charge in [0.15, 0.2) is 11.9 Å². The maximum Gasteiger partial charge on any atom is 0.328 e. The summed E-state index contributed by atoms with van der Waals surface area (Å²) in [6.45, 7) is 3.10. The number of aryl methyl sites for hydroxylation is 2. The van der Waals surface area contributed by atoms with Gasteiger partial charge in [-0.25, -0.2) is 9.78 Å². The number of amides is 1. The molecular weight excluding hydrogens is 228 g/mol. The van der Waals surface area contributed by atoms with Crippen LogP contribution in [0.25, 0.3) is 0 Å². The van der Waals surface area contributed by atoms with Gasteiger partial charge < -0.3 is 19.6 Å². The summed E-state index contributed by atoms with van der Waals surface area (Å²) in [4.78, 5) is 26.4. The first-order valence-electron chi connectivity index (χ1n) is 4.92. The van der Waals surface area contributed by atoms with E-state index in [0.29, 0.717) is 11.6 Å². The summed E-state index contributed by atoms with van der Waals surface area (Å²) in [7, 11) is 1.35. The van der Waals surface area contributed by atoms with Crippen LogP contribution in [0.2, 0.25) is 0 Å². The maximum absolute atomic E-state index is 11.7. The van der Waals surface area contributed by atoms with Crippen molar-refractivity contribution in [1.82, 2.24) is 10.3 Å². The fourth-order valence-electron chi connectivity index (χ4n) is 1.31. The zero-order valence-electron chi connectivity index (χ0n) is 9.81. The first-order valence-corrected chi connectivity index (χ1v) is 4.92. The number of aromatic nitrogens is 1. The van der Waals surface area contributed by atoms with Crippen molar-refractivity contribution in [3.8, 4) is 0 Å². The Morgan fingerprint density at radius 3 is 2.59 bits per heavy atom. The van der Waals surface area contributed by atoms with E-state index in [-0.39, 0.29) is 12.4 Å². The average molecular weight is 242 g/mol. The molecule has 1 aromatic heterocycles. The highest BCUT2D eigenvalue weighted by atomic mass is 16.5. The van der Waals surface area contributed by atoms with Gasteiger partial charge >= 0.3 is 5.97 Å². The van der Waals surface area contributed by atoms with Crippen molar-refractivity contribution in [2.75, 3.05) is 13.7 Å². The third-order valence-corrected chi connectivity index (χ3v) is 2.05. The van der Waals surface area contributed by atoms with E-state index >= 15 is 0 Å². The topological polar surface area (TPSA) is 102 Å². The lowest BCUT2D eigenvalue weighted by molar-refractivity contribution is -0.140. The average Bonchev–Trinajstić information content (AvgIpc) is 2.57. The summed E-state index contributed by atoms with van der Waals surface area (Å²) in [6.07, 6.45) is 0. The number of carboxylic acid groups (broad SMARTS) is 1. The summed E-state index contributed by atoms with van der Waals surface area (Å²) < 4.78 is 9.77. The Morgan fingerprint density at radius 2 is 2.18 bits per heavy atom. The second kappa shape index (κ2) is 5.44. The van der Waals surface area contributed by atoms with E-state index in [2.05, 4.69) is 10.3 Å². The molecule has 1 aromatic rings. The molecule has 0 bridgehead atoms. The quantitative estimate of drug-likeness (QED) is 0.760. The van der Waals surface area contributed by atoms with Gasteiger partial charge in [-0.05, 0) is 6.92 Å². The summed E-state index contributed by atoms with van der Waals surface area (Å²) in [5.74, 6) is -1.42. The van der Waals surface area contributed by atoms with Gasteiger partial charge in [0.2, 0.25) is 5.76 Å². The van der Waals surface area contributed by atoms with Crippen LogP contribution in [0.3, 0.4) is 0 Å². The summed E-state index contributed by atoms with van der Waals surface area (Å²) in [6, 6.07) is -1.11. The van der Waals surface area contributed by atoms with Crippen molar-refractivity contribution in [3.63, 3.8) is 0 Å². The number of ether oxygens (including phenoxy) is 1. The summed E-state index contributed by atoms with van der Waals surface area (Å²) >= 11 is 0. The number of methoxy groups -OCH3 is 1. The number of nitrogens with one attached hydrogen (secondary N) is 1. The molecule has 0 aromatic carbocycles. The fourth-order valence-corrected chi connectivity index (χ4v) is 1.31. The number of rotatable bonds is 5. The van der Waals surface area contributed by atoms with Gasteiger partial charge in [0.1, 0.15) is 0 Å². The van der Waals surface area contributed by atoms with Gasteiger partial charge in [0.05, 0.1) is 12.3 Å². The first-order chi connectivity index (χ1) is 7.95. The van der Waals surface area contributed by atoms with E-state index in [0.717, 1.165) is 0 Å². The van der Waals surface area contributed by atoms with Gasteiger partial charge in [0, 0.05) is 14.0 Å². The molecule has 0 aliphatic heterocycles. The van der Waals surface area contributed by atoms with Crippen molar-refractivity contribution in [1.29, 1.82) is 0 Å². The highest BCUT2D eigenvalue weighted by Crippen LogP contribution is 2.09. The van der Waals surface area contributed by atoms with E-state index in [1.54, 1.807) is 13.8 Å². The molecular formula is C10H14N2O5. The number of nitrogens with zero attached hydrogens (tertiary/aromatic N) is 1. The lowest BCUT2D eigenvalue weighted by Crippen LogP contribution is -2.43. The Balaban J connectivity index is 2.77. The van der Waals surface area contributed by atoms with E-state index < -0.39 is 17.9 Å². The second-order valence-electron chi connectivity index (χ2n) is 3.47. The molecule has 7 heteroatoms. The van der Waals surface area contributed by atoms with E-state index in [1.807, 2.05) is 0 Å².